The van der Waals surface area contributed by atoms with Crippen LogP contribution in [0.2, 0.25) is 0 Å². The second kappa shape index (κ2) is 3.70. The molecule has 2 unspecified atom stereocenters. The summed E-state index contributed by atoms with van der Waals surface area (Å²) in [6.07, 6.45) is 6.34. The first-order valence-corrected chi connectivity index (χ1v) is 4.44. The minimum Gasteiger partial charge on any atom is -0.444 e. The summed E-state index contributed by atoms with van der Waals surface area (Å²) >= 11 is 0. The van der Waals surface area contributed by atoms with Crippen LogP contribution in [0.5, 0.6) is 0 Å². The van der Waals surface area contributed by atoms with Crippen molar-refractivity contribution in [3.8, 4) is 12.3 Å². The highest BCUT2D eigenvalue weighted by Crippen LogP contribution is 2.22. The number of carbonyl (C=O) groups is 2. The topological polar surface area (TPSA) is 55.4 Å². The summed E-state index contributed by atoms with van der Waals surface area (Å²) in [6.45, 7) is 2.93. The van der Waals surface area contributed by atoms with Crippen LogP contribution in [-0.2, 0) is 14.3 Å². The van der Waals surface area contributed by atoms with E-state index in [2.05, 4.69) is 11.2 Å². The van der Waals surface area contributed by atoms with Gasteiger partial charge < -0.3 is 10.1 Å². The van der Waals surface area contributed by atoms with Gasteiger partial charge >= 0.3 is 5.97 Å². The quantitative estimate of drug-likeness (QED) is 0.506. The summed E-state index contributed by atoms with van der Waals surface area (Å²) in [4.78, 5) is 21.8. The molecule has 4 nitrogen and oxygen atoms in total. The van der Waals surface area contributed by atoms with Gasteiger partial charge in [0.05, 0.1) is 6.04 Å². The van der Waals surface area contributed by atoms with Gasteiger partial charge in [0.2, 0.25) is 5.91 Å². The van der Waals surface area contributed by atoms with E-state index in [1.54, 1.807) is 6.92 Å². The van der Waals surface area contributed by atoms with Gasteiger partial charge in [-0.2, -0.15) is 0 Å². The van der Waals surface area contributed by atoms with Crippen molar-refractivity contribution in [2.75, 3.05) is 0 Å². The zero-order valence-electron chi connectivity index (χ0n) is 8.29. The molecule has 1 aliphatic rings. The number of terminal acetylenes is 1. The molecule has 0 aromatic rings. The van der Waals surface area contributed by atoms with Crippen LogP contribution in [0.1, 0.15) is 26.7 Å². The smallest absolute Gasteiger partial charge is 0.304 e. The fraction of sp³-hybridized carbons (Fsp3) is 0.600. The van der Waals surface area contributed by atoms with E-state index in [0.29, 0.717) is 12.8 Å². The monoisotopic (exact) mass is 195 g/mol. The first-order chi connectivity index (χ1) is 6.48. The first-order valence-electron chi connectivity index (χ1n) is 4.44. The standard InChI is InChI=1S/C10H13NO3/c1-4-10(3,14-7(2)12)8-5-6-9(13)11-8/h1,8H,5-6H2,2-3H3,(H,11,13). The molecule has 76 valence electrons. The predicted octanol–water partition coefficient (Wildman–Crippen LogP) is 0.220. The lowest BCUT2D eigenvalue weighted by Gasteiger charge is -2.29. The summed E-state index contributed by atoms with van der Waals surface area (Å²) in [7, 11) is 0. The molecular formula is C10H13NO3. The Morgan fingerprint density at radius 2 is 2.43 bits per heavy atom. The number of hydrogen-bond acceptors (Lipinski definition) is 3. The van der Waals surface area contributed by atoms with Crippen LogP contribution >= 0.6 is 0 Å². The van der Waals surface area contributed by atoms with Gasteiger partial charge in [-0.15, -0.1) is 6.42 Å². The van der Waals surface area contributed by atoms with Crippen molar-refractivity contribution >= 4 is 11.9 Å². The van der Waals surface area contributed by atoms with E-state index in [1.807, 2.05) is 0 Å². The second-order valence-corrected chi connectivity index (χ2v) is 3.50. The van der Waals surface area contributed by atoms with E-state index in [4.69, 9.17) is 11.2 Å². The summed E-state index contributed by atoms with van der Waals surface area (Å²) < 4.78 is 5.03. The van der Waals surface area contributed by atoms with Crippen molar-refractivity contribution in [2.24, 2.45) is 0 Å². The van der Waals surface area contributed by atoms with Gasteiger partial charge in [0.1, 0.15) is 0 Å². The molecule has 1 heterocycles. The maximum absolute atomic E-state index is 11.0. The molecule has 0 saturated carbocycles. The molecule has 0 radical (unpaired) electrons. The van der Waals surface area contributed by atoms with Gasteiger partial charge in [-0.3, -0.25) is 9.59 Å². The van der Waals surface area contributed by atoms with Gasteiger partial charge in [0, 0.05) is 13.3 Å². The Balaban J connectivity index is 2.75. The average molecular weight is 195 g/mol. The molecule has 0 bridgehead atoms. The van der Waals surface area contributed by atoms with Crippen LogP contribution in [-0.4, -0.2) is 23.5 Å². The number of carbonyl (C=O) groups excluding carboxylic acids is 2. The van der Waals surface area contributed by atoms with E-state index >= 15 is 0 Å². The lowest BCUT2D eigenvalue weighted by molar-refractivity contribution is -0.152. The Morgan fingerprint density at radius 1 is 1.79 bits per heavy atom. The summed E-state index contributed by atoms with van der Waals surface area (Å²) in [6, 6.07) is -0.274. The molecule has 4 heteroatoms. The highest BCUT2D eigenvalue weighted by atomic mass is 16.6. The number of nitrogens with one attached hydrogen (secondary N) is 1. The van der Waals surface area contributed by atoms with Gasteiger partial charge in [0.25, 0.3) is 0 Å². The molecule has 1 fully saturated rings. The molecule has 0 aliphatic carbocycles. The van der Waals surface area contributed by atoms with Crippen molar-refractivity contribution in [2.45, 2.75) is 38.3 Å². The van der Waals surface area contributed by atoms with Gasteiger partial charge in [-0.1, -0.05) is 5.92 Å². The van der Waals surface area contributed by atoms with Crippen LogP contribution in [0.3, 0.4) is 0 Å². The minimum absolute atomic E-state index is 0.0522. The van der Waals surface area contributed by atoms with E-state index < -0.39 is 11.6 Å². The summed E-state index contributed by atoms with van der Waals surface area (Å²) in [5, 5.41) is 2.69. The predicted molar refractivity (Wildman–Crippen MR) is 50.2 cm³/mol. The van der Waals surface area contributed by atoms with Gasteiger partial charge in [-0.05, 0) is 13.3 Å². The summed E-state index contributed by atoms with van der Waals surface area (Å²) in [5.74, 6) is 1.92. The van der Waals surface area contributed by atoms with Crippen LogP contribution < -0.4 is 5.32 Å². The van der Waals surface area contributed by atoms with Crippen molar-refractivity contribution in [3.63, 3.8) is 0 Å². The number of esters is 1. The Bertz CT molecular complexity index is 305. The number of hydrogen-bond donors (Lipinski definition) is 1. The molecule has 1 amide bonds. The van der Waals surface area contributed by atoms with E-state index in [1.165, 1.54) is 6.92 Å². The van der Waals surface area contributed by atoms with E-state index in [9.17, 15) is 9.59 Å². The molecule has 1 aliphatic heterocycles. The first kappa shape index (κ1) is 10.6. The van der Waals surface area contributed by atoms with Crippen molar-refractivity contribution in [1.29, 1.82) is 0 Å². The van der Waals surface area contributed by atoms with Gasteiger partial charge in [-0.25, -0.2) is 0 Å². The van der Waals surface area contributed by atoms with Gasteiger partial charge in [0.15, 0.2) is 5.60 Å². The Kier molecular flexibility index (Phi) is 2.80. The lowest BCUT2D eigenvalue weighted by atomic mass is 9.96. The highest BCUT2D eigenvalue weighted by molar-refractivity contribution is 5.79. The van der Waals surface area contributed by atoms with Crippen molar-refractivity contribution < 1.29 is 14.3 Å². The van der Waals surface area contributed by atoms with Crippen molar-refractivity contribution in [1.82, 2.24) is 5.32 Å². The molecule has 0 spiro atoms. The Hall–Kier alpha value is -1.50. The molecule has 2 atom stereocenters. The van der Waals surface area contributed by atoms with Crippen molar-refractivity contribution in [3.05, 3.63) is 0 Å². The lowest BCUT2D eigenvalue weighted by Crippen LogP contribution is -2.48. The normalized spacial score (nSPS) is 24.6. The van der Waals surface area contributed by atoms with E-state index in [0.717, 1.165) is 0 Å². The molecule has 1 rings (SSSR count). The van der Waals surface area contributed by atoms with E-state index in [-0.39, 0.29) is 11.9 Å². The Labute approximate surface area is 83.0 Å². The van der Waals surface area contributed by atoms with Crippen LogP contribution in [0.15, 0.2) is 0 Å². The zero-order valence-corrected chi connectivity index (χ0v) is 8.29. The largest absolute Gasteiger partial charge is 0.444 e. The summed E-state index contributed by atoms with van der Waals surface area (Å²) in [5.41, 5.74) is -1.03. The number of rotatable bonds is 2. The third-order valence-corrected chi connectivity index (χ3v) is 2.30. The Morgan fingerprint density at radius 3 is 2.79 bits per heavy atom. The highest BCUT2D eigenvalue weighted by Gasteiger charge is 2.39. The molecule has 1 N–H and O–H groups in total. The number of amides is 1. The number of ether oxygens (including phenoxy) is 1. The van der Waals surface area contributed by atoms with Crippen LogP contribution in [0.4, 0.5) is 0 Å². The maximum Gasteiger partial charge on any atom is 0.304 e. The SMILES string of the molecule is C#CC(C)(OC(C)=O)C1CCC(=O)N1. The second-order valence-electron chi connectivity index (χ2n) is 3.50. The average Bonchev–Trinajstić information content (AvgIpc) is 2.51. The zero-order chi connectivity index (χ0) is 10.8. The molecular weight excluding hydrogens is 182 g/mol. The molecule has 0 aromatic heterocycles. The molecule has 14 heavy (non-hydrogen) atoms. The minimum atomic E-state index is -1.03. The fourth-order valence-electron chi connectivity index (χ4n) is 1.53. The molecule has 0 aromatic carbocycles. The van der Waals surface area contributed by atoms with Crippen LogP contribution in [0, 0.1) is 12.3 Å². The third-order valence-electron chi connectivity index (χ3n) is 2.30. The van der Waals surface area contributed by atoms with Crippen LogP contribution in [0.25, 0.3) is 0 Å². The fourth-order valence-corrected chi connectivity index (χ4v) is 1.53. The molecule has 1 saturated heterocycles. The third kappa shape index (κ3) is 2.05. The maximum atomic E-state index is 11.0.